The van der Waals surface area contributed by atoms with E-state index in [-0.39, 0.29) is 12.7 Å². The minimum Gasteiger partial charge on any atom is -0.491 e. The van der Waals surface area contributed by atoms with Crippen molar-refractivity contribution in [3.8, 4) is 17.6 Å². The number of rotatable bonds is 5. The number of aliphatic hydroxyl groups excluding tert-OH is 1. The van der Waals surface area contributed by atoms with Crippen LogP contribution < -0.4 is 4.74 Å². The second-order valence-electron chi connectivity index (χ2n) is 3.75. The standard InChI is InChI=1S/C14H18O3/c1-12(2)16-10-11-17-14-7-5-13(6-8-14)4-3-9-15/h5-8,12,15H,9-11H2,1-2H3. The van der Waals surface area contributed by atoms with Crippen LogP contribution in [-0.4, -0.2) is 31.0 Å². The summed E-state index contributed by atoms with van der Waals surface area (Å²) in [6.07, 6.45) is 0.231. The first-order valence-corrected chi connectivity index (χ1v) is 5.66. The molecule has 3 nitrogen and oxygen atoms in total. The normalized spacial score (nSPS) is 9.88. The highest BCUT2D eigenvalue weighted by Crippen LogP contribution is 2.11. The summed E-state index contributed by atoms with van der Waals surface area (Å²) < 4.78 is 10.9. The predicted molar refractivity (Wildman–Crippen MR) is 67.0 cm³/mol. The van der Waals surface area contributed by atoms with Crippen LogP contribution in [0.25, 0.3) is 0 Å². The van der Waals surface area contributed by atoms with Gasteiger partial charge in [0.1, 0.15) is 19.0 Å². The lowest BCUT2D eigenvalue weighted by atomic mass is 10.2. The fourth-order valence-corrected chi connectivity index (χ4v) is 1.22. The molecule has 0 fully saturated rings. The number of hydrogen-bond donors (Lipinski definition) is 1. The van der Waals surface area contributed by atoms with Crippen LogP contribution in [0, 0.1) is 11.8 Å². The Hall–Kier alpha value is -1.50. The molecule has 0 aliphatic carbocycles. The van der Waals surface area contributed by atoms with E-state index in [1.807, 2.05) is 38.1 Å². The highest BCUT2D eigenvalue weighted by Gasteiger charge is 1.95. The summed E-state index contributed by atoms with van der Waals surface area (Å²) in [4.78, 5) is 0. The maximum absolute atomic E-state index is 8.56. The SMILES string of the molecule is CC(C)OCCOc1ccc(C#CCO)cc1. The van der Waals surface area contributed by atoms with Crippen molar-refractivity contribution in [2.75, 3.05) is 19.8 Å². The maximum Gasteiger partial charge on any atom is 0.119 e. The van der Waals surface area contributed by atoms with E-state index in [1.165, 1.54) is 0 Å². The summed E-state index contributed by atoms with van der Waals surface area (Å²) >= 11 is 0. The Labute approximate surface area is 102 Å². The van der Waals surface area contributed by atoms with E-state index in [4.69, 9.17) is 14.6 Å². The molecule has 0 atom stereocenters. The molecule has 0 saturated carbocycles. The van der Waals surface area contributed by atoms with Crippen LogP contribution in [0.5, 0.6) is 5.75 Å². The van der Waals surface area contributed by atoms with Crippen molar-refractivity contribution in [3.05, 3.63) is 29.8 Å². The molecule has 1 N–H and O–H groups in total. The molecule has 1 rings (SSSR count). The van der Waals surface area contributed by atoms with Crippen molar-refractivity contribution < 1.29 is 14.6 Å². The Morgan fingerprint density at radius 1 is 1.18 bits per heavy atom. The van der Waals surface area contributed by atoms with Crippen molar-refractivity contribution in [2.24, 2.45) is 0 Å². The monoisotopic (exact) mass is 234 g/mol. The van der Waals surface area contributed by atoms with Gasteiger partial charge in [-0.25, -0.2) is 0 Å². The van der Waals surface area contributed by atoms with Gasteiger partial charge in [-0.3, -0.25) is 0 Å². The second kappa shape index (κ2) is 7.72. The van der Waals surface area contributed by atoms with Crippen LogP contribution in [0.2, 0.25) is 0 Å². The van der Waals surface area contributed by atoms with Crippen LogP contribution in [-0.2, 0) is 4.74 Å². The molecule has 0 aliphatic rings. The molecule has 1 aromatic rings. The van der Waals surface area contributed by atoms with Gasteiger partial charge in [0.15, 0.2) is 0 Å². The highest BCUT2D eigenvalue weighted by atomic mass is 16.5. The van der Waals surface area contributed by atoms with E-state index in [1.54, 1.807) is 0 Å². The third-order valence-corrected chi connectivity index (χ3v) is 1.97. The molecule has 0 aromatic heterocycles. The molecule has 0 aliphatic heterocycles. The second-order valence-corrected chi connectivity index (χ2v) is 3.75. The van der Waals surface area contributed by atoms with Crippen molar-refractivity contribution in [2.45, 2.75) is 20.0 Å². The number of benzene rings is 1. The molecular weight excluding hydrogens is 216 g/mol. The van der Waals surface area contributed by atoms with Crippen molar-refractivity contribution >= 4 is 0 Å². The fourth-order valence-electron chi connectivity index (χ4n) is 1.22. The first kappa shape index (κ1) is 13.6. The van der Waals surface area contributed by atoms with Crippen LogP contribution in [0.1, 0.15) is 19.4 Å². The molecule has 0 unspecified atom stereocenters. The number of hydrogen-bond acceptors (Lipinski definition) is 3. The van der Waals surface area contributed by atoms with E-state index >= 15 is 0 Å². The Kier molecular flexibility index (Phi) is 6.16. The molecule has 3 heteroatoms. The first-order valence-electron chi connectivity index (χ1n) is 5.66. The number of ether oxygens (including phenoxy) is 2. The molecule has 17 heavy (non-hydrogen) atoms. The van der Waals surface area contributed by atoms with Gasteiger partial charge in [0.25, 0.3) is 0 Å². The van der Waals surface area contributed by atoms with Gasteiger partial charge in [0.05, 0.1) is 12.7 Å². The van der Waals surface area contributed by atoms with E-state index in [2.05, 4.69) is 11.8 Å². The molecule has 92 valence electrons. The van der Waals surface area contributed by atoms with Gasteiger partial charge in [-0.15, -0.1) is 0 Å². The summed E-state index contributed by atoms with van der Waals surface area (Å²) in [7, 11) is 0. The summed E-state index contributed by atoms with van der Waals surface area (Å²) in [5.74, 6) is 6.22. The molecule has 0 spiro atoms. The van der Waals surface area contributed by atoms with Crippen molar-refractivity contribution in [3.63, 3.8) is 0 Å². The molecule has 0 amide bonds. The van der Waals surface area contributed by atoms with E-state index in [0.29, 0.717) is 13.2 Å². The van der Waals surface area contributed by atoms with Crippen LogP contribution in [0.3, 0.4) is 0 Å². The Bertz CT molecular complexity index is 371. The minimum atomic E-state index is -0.120. The highest BCUT2D eigenvalue weighted by molar-refractivity contribution is 5.38. The van der Waals surface area contributed by atoms with Gasteiger partial charge in [-0.2, -0.15) is 0 Å². The topological polar surface area (TPSA) is 38.7 Å². The fraction of sp³-hybridized carbons (Fsp3) is 0.429. The largest absolute Gasteiger partial charge is 0.491 e. The van der Waals surface area contributed by atoms with Crippen LogP contribution in [0.4, 0.5) is 0 Å². The summed E-state index contributed by atoms with van der Waals surface area (Å²) in [5.41, 5.74) is 0.866. The van der Waals surface area contributed by atoms with E-state index in [0.717, 1.165) is 11.3 Å². The first-order chi connectivity index (χ1) is 8.22. The van der Waals surface area contributed by atoms with Crippen LogP contribution in [0.15, 0.2) is 24.3 Å². The zero-order valence-corrected chi connectivity index (χ0v) is 10.3. The van der Waals surface area contributed by atoms with Crippen molar-refractivity contribution in [1.29, 1.82) is 0 Å². The lowest BCUT2D eigenvalue weighted by Crippen LogP contribution is -2.11. The Morgan fingerprint density at radius 3 is 2.47 bits per heavy atom. The molecule has 0 heterocycles. The third kappa shape index (κ3) is 5.96. The zero-order valence-electron chi connectivity index (χ0n) is 10.3. The molecule has 0 radical (unpaired) electrons. The average molecular weight is 234 g/mol. The molecular formula is C14H18O3. The van der Waals surface area contributed by atoms with Gasteiger partial charge >= 0.3 is 0 Å². The van der Waals surface area contributed by atoms with Gasteiger partial charge in [-0.05, 0) is 38.1 Å². The lowest BCUT2D eigenvalue weighted by Gasteiger charge is -2.09. The number of aliphatic hydroxyl groups is 1. The Morgan fingerprint density at radius 2 is 1.88 bits per heavy atom. The average Bonchev–Trinajstić information content (AvgIpc) is 2.33. The smallest absolute Gasteiger partial charge is 0.119 e. The summed E-state index contributed by atoms with van der Waals surface area (Å²) in [6.45, 7) is 5.00. The van der Waals surface area contributed by atoms with Gasteiger partial charge < -0.3 is 14.6 Å². The van der Waals surface area contributed by atoms with Crippen LogP contribution >= 0.6 is 0 Å². The lowest BCUT2D eigenvalue weighted by molar-refractivity contribution is 0.0553. The summed E-state index contributed by atoms with van der Waals surface area (Å²) in [6, 6.07) is 7.44. The van der Waals surface area contributed by atoms with Gasteiger partial charge in [0.2, 0.25) is 0 Å². The molecule has 0 bridgehead atoms. The molecule has 0 saturated heterocycles. The molecule has 1 aromatic carbocycles. The van der Waals surface area contributed by atoms with Crippen molar-refractivity contribution in [1.82, 2.24) is 0 Å². The van der Waals surface area contributed by atoms with E-state index in [9.17, 15) is 0 Å². The zero-order chi connectivity index (χ0) is 12.5. The minimum absolute atomic E-state index is 0.120. The summed E-state index contributed by atoms with van der Waals surface area (Å²) in [5, 5.41) is 8.56. The predicted octanol–water partition coefficient (Wildman–Crippen LogP) is 1.83. The Balaban J connectivity index is 2.35. The van der Waals surface area contributed by atoms with Gasteiger partial charge in [-0.1, -0.05) is 11.8 Å². The maximum atomic E-state index is 8.56. The van der Waals surface area contributed by atoms with E-state index < -0.39 is 0 Å². The van der Waals surface area contributed by atoms with Gasteiger partial charge in [0, 0.05) is 5.56 Å². The third-order valence-electron chi connectivity index (χ3n) is 1.97. The quantitative estimate of drug-likeness (QED) is 0.624.